The maximum absolute atomic E-state index is 12.7. The number of rotatable bonds is 2. The molecule has 6 nitrogen and oxygen atoms in total. The molecule has 2 aromatic rings. The predicted molar refractivity (Wildman–Crippen MR) is 81.2 cm³/mol. The fourth-order valence-electron chi connectivity index (χ4n) is 2.74. The molecule has 3 rings (SSSR count). The summed E-state index contributed by atoms with van der Waals surface area (Å²) in [5.41, 5.74) is 3.01. The number of aromatic nitrogens is 3. The number of fused-ring (bicyclic) bond motifs is 1. The summed E-state index contributed by atoms with van der Waals surface area (Å²) >= 11 is 0. The standard InChI is InChI=1S/C16H20N4O2/c1-11-14(5-3-6-17-11)16(22)19-7-4-8-20-13(10-19)9-15(18-20)12(2)21/h3,5-6,9,12,21H,4,7-8,10H2,1-2H3/t12-/m0/s1. The third-order valence-corrected chi connectivity index (χ3v) is 3.99. The highest BCUT2D eigenvalue weighted by Gasteiger charge is 2.23. The van der Waals surface area contributed by atoms with Crippen molar-refractivity contribution in [1.82, 2.24) is 19.7 Å². The van der Waals surface area contributed by atoms with Crippen LogP contribution in [0.3, 0.4) is 0 Å². The number of hydrogen-bond acceptors (Lipinski definition) is 4. The quantitative estimate of drug-likeness (QED) is 0.916. The maximum atomic E-state index is 12.7. The van der Waals surface area contributed by atoms with Gasteiger partial charge < -0.3 is 10.0 Å². The minimum atomic E-state index is -0.593. The van der Waals surface area contributed by atoms with Crippen molar-refractivity contribution in [1.29, 1.82) is 0 Å². The summed E-state index contributed by atoms with van der Waals surface area (Å²) in [5.74, 6) is -0.00107. The van der Waals surface area contributed by atoms with Gasteiger partial charge in [0.2, 0.25) is 0 Å². The van der Waals surface area contributed by atoms with E-state index < -0.39 is 6.10 Å². The summed E-state index contributed by atoms with van der Waals surface area (Å²) in [7, 11) is 0. The first-order chi connectivity index (χ1) is 10.6. The Kier molecular flexibility index (Phi) is 3.94. The fraction of sp³-hybridized carbons (Fsp3) is 0.438. The molecule has 0 saturated carbocycles. The van der Waals surface area contributed by atoms with Crippen LogP contribution in [0.5, 0.6) is 0 Å². The molecule has 2 aromatic heterocycles. The summed E-state index contributed by atoms with van der Waals surface area (Å²) in [6.07, 6.45) is 1.95. The van der Waals surface area contributed by atoms with E-state index in [1.165, 1.54) is 0 Å². The molecule has 0 fully saturated rings. The second kappa shape index (κ2) is 5.88. The zero-order valence-corrected chi connectivity index (χ0v) is 12.9. The number of hydrogen-bond donors (Lipinski definition) is 1. The van der Waals surface area contributed by atoms with Gasteiger partial charge in [-0.05, 0) is 38.5 Å². The van der Waals surface area contributed by atoms with Crippen LogP contribution in [0.2, 0.25) is 0 Å². The van der Waals surface area contributed by atoms with Gasteiger partial charge in [0.15, 0.2) is 0 Å². The van der Waals surface area contributed by atoms with Gasteiger partial charge in [-0.3, -0.25) is 14.5 Å². The van der Waals surface area contributed by atoms with Crippen LogP contribution in [0.15, 0.2) is 24.4 Å². The third kappa shape index (κ3) is 2.74. The Morgan fingerprint density at radius 2 is 2.23 bits per heavy atom. The summed E-state index contributed by atoms with van der Waals surface area (Å²) in [6.45, 7) is 5.51. The van der Waals surface area contributed by atoms with Crippen molar-refractivity contribution in [2.24, 2.45) is 0 Å². The normalized spacial score (nSPS) is 16.0. The summed E-state index contributed by atoms with van der Waals surface area (Å²) in [4.78, 5) is 18.8. The highest BCUT2D eigenvalue weighted by molar-refractivity contribution is 5.95. The molecule has 1 N–H and O–H groups in total. The van der Waals surface area contributed by atoms with Crippen LogP contribution in [0.25, 0.3) is 0 Å². The second-order valence-electron chi connectivity index (χ2n) is 5.68. The first-order valence-electron chi connectivity index (χ1n) is 7.52. The van der Waals surface area contributed by atoms with Gasteiger partial charge in [0, 0.05) is 25.0 Å². The van der Waals surface area contributed by atoms with Gasteiger partial charge in [0.1, 0.15) is 0 Å². The van der Waals surface area contributed by atoms with Crippen LogP contribution in [0, 0.1) is 6.92 Å². The molecular weight excluding hydrogens is 280 g/mol. The first-order valence-corrected chi connectivity index (χ1v) is 7.52. The molecule has 0 aromatic carbocycles. The van der Waals surface area contributed by atoms with Crippen LogP contribution in [-0.4, -0.2) is 37.2 Å². The van der Waals surface area contributed by atoms with Crippen molar-refractivity contribution < 1.29 is 9.90 Å². The average Bonchev–Trinajstić information content (AvgIpc) is 2.79. The number of amides is 1. The molecule has 1 amide bonds. The topological polar surface area (TPSA) is 71.2 Å². The molecule has 0 saturated heterocycles. The minimum Gasteiger partial charge on any atom is -0.387 e. The highest BCUT2D eigenvalue weighted by atomic mass is 16.3. The van der Waals surface area contributed by atoms with Gasteiger partial charge in [-0.25, -0.2) is 0 Å². The number of carbonyl (C=O) groups is 1. The van der Waals surface area contributed by atoms with E-state index in [2.05, 4.69) is 10.1 Å². The highest BCUT2D eigenvalue weighted by Crippen LogP contribution is 2.19. The Morgan fingerprint density at radius 1 is 1.41 bits per heavy atom. The van der Waals surface area contributed by atoms with E-state index in [4.69, 9.17) is 0 Å². The minimum absolute atomic E-state index is 0.00107. The number of carbonyl (C=O) groups excluding carboxylic acids is 1. The maximum Gasteiger partial charge on any atom is 0.256 e. The molecule has 6 heteroatoms. The van der Waals surface area contributed by atoms with Gasteiger partial charge in [-0.1, -0.05) is 0 Å². The van der Waals surface area contributed by atoms with Gasteiger partial charge in [-0.15, -0.1) is 0 Å². The summed E-state index contributed by atoms with van der Waals surface area (Å²) in [6, 6.07) is 5.48. The Morgan fingerprint density at radius 3 is 2.95 bits per heavy atom. The zero-order chi connectivity index (χ0) is 15.7. The van der Waals surface area contributed by atoms with E-state index in [0.717, 1.165) is 24.4 Å². The van der Waals surface area contributed by atoms with E-state index in [1.54, 1.807) is 19.2 Å². The lowest BCUT2D eigenvalue weighted by atomic mass is 10.1. The molecule has 116 valence electrons. The lowest BCUT2D eigenvalue weighted by Gasteiger charge is -2.20. The van der Waals surface area contributed by atoms with Gasteiger partial charge in [0.25, 0.3) is 5.91 Å². The van der Waals surface area contributed by atoms with Gasteiger partial charge >= 0.3 is 0 Å². The van der Waals surface area contributed by atoms with E-state index in [1.807, 2.05) is 28.6 Å². The van der Waals surface area contributed by atoms with Crippen molar-refractivity contribution in [2.45, 2.75) is 39.5 Å². The van der Waals surface area contributed by atoms with Crippen molar-refractivity contribution in [2.75, 3.05) is 6.54 Å². The summed E-state index contributed by atoms with van der Waals surface area (Å²) in [5, 5.41) is 14.1. The lowest BCUT2D eigenvalue weighted by molar-refractivity contribution is 0.0744. The summed E-state index contributed by atoms with van der Waals surface area (Å²) < 4.78 is 1.89. The first kappa shape index (κ1) is 14.7. The third-order valence-electron chi connectivity index (χ3n) is 3.99. The molecule has 0 aliphatic carbocycles. The van der Waals surface area contributed by atoms with Crippen molar-refractivity contribution in [3.05, 3.63) is 47.0 Å². The van der Waals surface area contributed by atoms with Crippen molar-refractivity contribution in [3.63, 3.8) is 0 Å². The Hall–Kier alpha value is -2.21. The zero-order valence-electron chi connectivity index (χ0n) is 12.9. The van der Waals surface area contributed by atoms with E-state index >= 15 is 0 Å². The second-order valence-corrected chi connectivity index (χ2v) is 5.68. The van der Waals surface area contributed by atoms with Crippen molar-refractivity contribution in [3.8, 4) is 0 Å². The number of aliphatic hydroxyl groups is 1. The fourth-order valence-corrected chi connectivity index (χ4v) is 2.74. The average molecular weight is 300 g/mol. The molecule has 0 unspecified atom stereocenters. The number of aliphatic hydroxyl groups excluding tert-OH is 1. The molecular formula is C16H20N4O2. The van der Waals surface area contributed by atoms with E-state index in [9.17, 15) is 9.90 Å². The van der Waals surface area contributed by atoms with Crippen molar-refractivity contribution >= 4 is 5.91 Å². The van der Waals surface area contributed by atoms with Crippen LogP contribution in [0.4, 0.5) is 0 Å². The molecule has 0 radical (unpaired) electrons. The monoisotopic (exact) mass is 300 g/mol. The predicted octanol–water partition coefficient (Wildman–Crippen LogP) is 1.69. The van der Waals surface area contributed by atoms with Crippen LogP contribution < -0.4 is 0 Å². The molecule has 1 aliphatic rings. The van der Waals surface area contributed by atoms with Crippen LogP contribution >= 0.6 is 0 Å². The molecule has 0 bridgehead atoms. The largest absolute Gasteiger partial charge is 0.387 e. The Labute approximate surface area is 129 Å². The van der Waals surface area contributed by atoms with Crippen LogP contribution in [0.1, 0.15) is 46.9 Å². The van der Waals surface area contributed by atoms with E-state index in [0.29, 0.717) is 24.3 Å². The number of nitrogens with zero attached hydrogens (tertiary/aromatic N) is 4. The Balaban J connectivity index is 1.86. The van der Waals surface area contributed by atoms with Gasteiger partial charge in [-0.2, -0.15) is 5.10 Å². The molecule has 0 spiro atoms. The number of pyridine rings is 1. The Bertz CT molecular complexity index is 693. The van der Waals surface area contributed by atoms with Crippen LogP contribution in [-0.2, 0) is 13.1 Å². The smallest absolute Gasteiger partial charge is 0.256 e. The SMILES string of the molecule is Cc1ncccc1C(=O)N1CCCn2nc([C@H](C)O)cc2C1. The number of aryl methyl sites for hydroxylation is 2. The molecule has 1 aliphatic heterocycles. The van der Waals surface area contributed by atoms with E-state index in [-0.39, 0.29) is 5.91 Å². The molecule has 1 atom stereocenters. The van der Waals surface area contributed by atoms with Gasteiger partial charge in [0.05, 0.1) is 29.6 Å². The molecule has 22 heavy (non-hydrogen) atoms. The lowest BCUT2D eigenvalue weighted by Crippen LogP contribution is -2.31. The molecule has 3 heterocycles.